The molecule has 0 radical (unpaired) electrons. The number of aromatic nitrogens is 1. The molecule has 0 bridgehead atoms. The summed E-state index contributed by atoms with van der Waals surface area (Å²) in [5, 5.41) is 0.770. The summed E-state index contributed by atoms with van der Waals surface area (Å²) >= 11 is 1.28. The molecule has 2 heterocycles. The number of aryl methyl sites for hydroxylation is 2. The lowest BCUT2D eigenvalue weighted by Crippen LogP contribution is -2.22. The summed E-state index contributed by atoms with van der Waals surface area (Å²) in [4.78, 5) is 28.5. The van der Waals surface area contributed by atoms with Crippen molar-refractivity contribution in [1.29, 1.82) is 0 Å². The molecule has 0 aliphatic carbocycles. The summed E-state index contributed by atoms with van der Waals surface area (Å²) < 4.78 is 10.0. The van der Waals surface area contributed by atoms with Gasteiger partial charge in [0.1, 0.15) is 9.88 Å². The number of ether oxygens (including phenoxy) is 2. The van der Waals surface area contributed by atoms with Crippen molar-refractivity contribution >= 4 is 23.3 Å². The average Bonchev–Trinajstić information content (AvgIpc) is 3.14. The first-order chi connectivity index (χ1) is 11.1. The van der Waals surface area contributed by atoms with Crippen molar-refractivity contribution in [3.05, 3.63) is 40.4 Å². The molecule has 23 heavy (non-hydrogen) atoms. The van der Waals surface area contributed by atoms with Gasteiger partial charge in [0.2, 0.25) is 6.10 Å². The van der Waals surface area contributed by atoms with E-state index in [0.717, 1.165) is 17.0 Å². The molecule has 2 aromatic rings. The number of carbonyl (C=O) groups is 2. The molecule has 3 rings (SSSR count). The van der Waals surface area contributed by atoms with Crippen LogP contribution in [0.3, 0.4) is 0 Å². The van der Waals surface area contributed by atoms with Crippen LogP contribution in [-0.4, -0.2) is 29.6 Å². The van der Waals surface area contributed by atoms with Crippen LogP contribution in [0.5, 0.6) is 0 Å². The highest BCUT2D eigenvalue weighted by Crippen LogP contribution is 2.29. The van der Waals surface area contributed by atoms with Crippen LogP contribution in [-0.2, 0) is 20.7 Å². The molecule has 0 unspecified atom stereocenters. The summed E-state index contributed by atoms with van der Waals surface area (Å²) in [6.07, 6.45) is 0.594. The fraction of sp³-hybridized carbons (Fsp3) is 0.353. The fourth-order valence-corrected chi connectivity index (χ4v) is 3.31. The van der Waals surface area contributed by atoms with Crippen LogP contribution in [0.15, 0.2) is 24.3 Å². The zero-order valence-corrected chi connectivity index (χ0v) is 13.8. The first-order valence-corrected chi connectivity index (χ1v) is 8.34. The predicted octanol–water partition coefficient (Wildman–Crippen LogP) is 3.15. The summed E-state index contributed by atoms with van der Waals surface area (Å²) in [7, 11) is 0. The third kappa shape index (κ3) is 3.27. The Kier molecular flexibility index (Phi) is 4.43. The molecule has 0 saturated carbocycles. The minimum absolute atomic E-state index is 0.299. The summed E-state index contributed by atoms with van der Waals surface area (Å²) in [6.45, 7) is 4.17. The number of esters is 2. The van der Waals surface area contributed by atoms with Crippen LogP contribution in [0.2, 0.25) is 0 Å². The Bertz CT molecular complexity index is 736. The third-order valence-electron chi connectivity index (χ3n) is 3.73. The van der Waals surface area contributed by atoms with Crippen molar-refractivity contribution < 1.29 is 19.1 Å². The lowest BCUT2D eigenvalue weighted by molar-refractivity contribution is -0.145. The topological polar surface area (TPSA) is 65.5 Å². The quantitative estimate of drug-likeness (QED) is 0.805. The minimum atomic E-state index is -0.795. The van der Waals surface area contributed by atoms with E-state index in [1.807, 2.05) is 12.1 Å². The van der Waals surface area contributed by atoms with Crippen molar-refractivity contribution in [2.75, 3.05) is 6.61 Å². The van der Waals surface area contributed by atoms with Crippen molar-refractivity contribution in [2.24, 2.45) is 0 Å². The second-order valence-electron chi connectivity index (χ2n) is 5.33. The molecule has 1 fully saturated rings. The van der Waals surface area contributed by atoms with Gasteiger partial charge in [-0.3, -0.25) is 0 Å². The van der Waals surface area contributed by atoms with E-state index >= 15 is 0 Å². The maximum absolute atomic E-state index is 12.3. The summed E-state index contributed by atoms with van der Waals surface area (Å²) in [5.74, 6) is -0.990. The van der Waals surface area contributed by atoms with Crippen LogP contribution >= 0.6 is 11.3 Å². The molecule has 1 atom stereocenters. The van der Waals surface area contributed by atoms with Gasteiger partial charge in [-0.15, -0.1) is 11.3 Å². The van der Waals surface area contributed by atoms with E-state index in [1.54, 1.807) is 6.92 Å². The molecule has 1 aromatic carbocycles. The Morgan fingerprint density at radius 2 is 2.13 bits per heavy atom. The Balaban J connectivity index is 1.79. The SMILES string of the molecule is CCc1ccc(-c2nc(C)c(C(=O)O[C@H]3CCOC3=O)s2)cc1. The second-order valence-corrected chi connectivity index (χ2v) is 6.33. The van der Waals surface area contributed by atoms with Crippen LogP contribution in [0, 0.1) is 6.92 Å². The first kappa shape index (κ1) is 15.7. The van der Waals surface area contributed by atoms with Gasteiger partial charge in [-0.2, -0.15) is 0 Å². The van der Waals surface area contributed by atoms with Gasteiger partial charge in [-0.25, -0.2) is 14.6 Å². The van der Waals surface area contributed by atoms with E-state index < -0.39 is 18.0 Å². The second kappa shape index (κ2) is 6.50. The molecule has 120 valence electrons. The standard InChI is InChI=1S/C17H17NO4S/c1-3-11-4-6-12(7-5-11)15-18-10(2)14(23-15)17(20)22-13-8-9-21-16(13)19/h4-7,13H,3,8-9H2,1-2H3/t13-/m0/s1. The monoisotopic (exact) mass is 331 g/mol. The number of hydrogen-bond donors (Lipinski definition) is 0. The summed E-state index contributed by atoms with van der Waals surface area (Å²) in [5.41, 5.74) is 2.83. The number of nitrogens with zero attached hydrogens (tertiary/aromatic N) is 1. The number of cyclic esters (lactones) is 1. The molecule has 1 aliphatic heterocycles. The average molecular weight is 331 g/mol. The van der Waals surface area contributed by atoms with E-state index in [0.29, 0.717) is 23.6 Å². The maximum Gasteiger partial charge on any atom is 0.351 e. The van der Waals surface area contributed by atoms with Gasteiger partial charge < -0.3 is 9.47 Å². The number of carbonyl (C=O) groups excluding carboxylic acids is 2. The third-order valence-corrected chi connectivity index (χ3v) is 4.91. The van der Waals surface area contributed by atoms with Crippen molar-refractivity contribution in [1.82, 2.24) is 4.98 Å². The molecule has 6 heteroatoms. The van der Waals surface area contributed by atoms with Crippen molar-refractivity contribution in [3.63, 3.8) is 0 Å². The fourth-order valence-electron chi connectivity index (χ4n) is 2.36. The maximum atomic E-state index is 12.3. The molecule has 0 N–H and O–H groups in total. The predicted molar refractivity (Wildman–Crippen MR) is 86.4 cm³/mol. The number of thiazole rings is 1. The highest BCUT2D eigenvalue weighted by molar-refractivity contribution is 7.17. The number of benzene rings is 1. The molecule has 1 saturated heterocycles. The molecule has 1 aromatic heterocycles. The Hall–Kier alpha value is -2.21. The van der Waals surface area contributed by atoms with Crippen molar-refractivity contribution in [3.8, 4) is 10.6 Å². The molecule has 0 spiro atoms. The molecular weight excluding hydrogens is 314 g/mol. The van der Waals surface area contributed by atoms with E-state index in [1.165, 1.54) is 16.9 Å². The number of rotatable bonds is 4. The zero-order valence-electron chi connectivity index (χ0n) is 13.0. The van der Waals surface area contributed by atoms with Gasteiger partial charge in [0.15, 0.2) is 0 Å². The normalized spacial score (nSPS) is 17.1. The van der Waals surface area contributed by atoms with Gasteiger partial charge in [0.05, 0.1) is 12.3 Å². The highest BCUT2D eigenvalue weighted by atomic mass is 32.1. The minimum Gasteiger partial charge on any atom is -0.463 e. The van der Waals surface area contributed by atoms with Crippen molar-refractivity contribution in [2.45, 2.75) is 32.8 Å². The van der Waals surface area contributed by atoms with E-state index in [2.05, 4.69) is 24.0 Å². The lowest BCUT2D eigenvalue weighted by Gasteiger charge is -2.06. The van der Waals surface area contributed by atoms with Crippen LogP contribution in [0.4, 0.5) is 0 Å². The van der Waals surface area contributed by atoms with Gasteiger partial charge in [0.25, 0.3) is 0 Å². The van der Waals surface area contributed by atoms with E-state index in [4.69, 9.17) is 9.47 Å². The van der Waals surface area contributed by atoms with Crippen LogP contribution in [0.1, 0.15) is 34.3 Å². The van der Waals surface area contributed by atoms with E-state index in [-0.39, 0.29) is 0 Å². The Labute approximate surface area is 138 Å². The Morgan fingerprint density at radius 1 is 1.39 bits per heavy atom. The lowest BCUT2D eigenvalue weighted by atomic mass is 10.1. The molecule has 5 nitrogen and oxygen atoms in total. The van der Waals surface area contributed by atoms with Crippen LogP contribution in [0.25, 0.3) is 10.6 Å². The highest BCUT2D eigenvalue weighted by Gasteiger charge is 2.31. The molecule has 0 amide bonds. The number of hydrogen-bond acceptors (Lipinski definition) is 6. The summed E-state index contributed by atoms with van der Waals surface area (Å²) in [6, 6.07) is 8.11. The van der Waals surface area contributed by atoms with E-state index in [9.17, 15) is 9.59 Å². The van der Waals surface area contributed by atoms with Gasteiger partial charge in [0, 0.05) is 12.0 Å². The van der Waals surface area contributed by atoms with Gasteiger partial charge in [-0.1, -0.05) is 31.2 Å². The Morgan fingerprint density at radius 3 is 2.74 bits per heavy atom. The first-order valence-electron chi connectivity index (χ1n) is 7.53. The smallest absolute Gasteiger partial charge is 0.351 e. The molecular formula is C17H17NO4S. The largest absolute Gasteiger partial charge is 0.463 e. The molecule has 1 aliphatic rings. The zero-order chi connectivity index (χ0) is 16.4. The van der Waals surface area contributed by atoms with Gasteiger partial charge >= 0.3 is 11.9 Å². The van der Waals surface area contributed by atoms with Gasteiger partial charge in [-0.05, 0) is 18.9 Å². The van der Waals surface area contributed by atoms with Crippen LogP contribution < -0.4 is 0 Å².